The third-order valence-corrected chi connectivity index (χ3v) is 3.44. The summed E-state index contributed by atoms with van der Waals surface area (Å²) in [6, 6.07) is 2.96. The standard InChI is InChI=1S/C15H18O9/c16-6-10-14(12(20)13(21)15(22)23-10)24-11(19)4-2-7-1-3-8(17)9(18)5-7/h1-5,10,12-18,20-22H,6H2/b4-2+/t10-,12-,13-,14-,15?/m1/s1/i4D. The number of benzene rings is 1. The number of esters is 1. The Hall–Kier alpha value is -2.17. The lowest BCUT2D eigenvalue weighted by atomic mass is 9.99. The van der Waals surface area contributed by atoms with Gasteiger partial charge in [0.25, 0.3) is 0 Å². The normalized spacial score (nSPS) is 31.4. The Morgan fingerprint density at radius 1 is 1.25 bits per heavy atom. The SMILES string of the molecule is [2H]/C(=C\c1ccc(O)c(O)c1)C(=O)O[C@H]1[C@H](O)[C@@H](O)C(O)O[C@@H]1CO. The summed E-state index contributed by atoms with van der Waals surface area (Å²) in [4.78, 5) is 12.0. The first-order chi connectivity index (χ1) is 11.7. The molecule has 0 aliphatic carbocycles. The van der Waals surface area contributed by atoms with Crippen LogP contribution in [0.3, 0.4) is 0 Å². The molecule has 1 aliphatic heterocycles. The monoisotopic (exact) mass is 343 g/mol. The van der Waals surface area contributed by atoms with E-state index in [4.69, 9.17) is 10.8 Å². The topological polar surface area (TPSA) is 157 Å². The van der Waals surface area contributed by atoms with E-state index in [-0.39, 0.29) is 11.3 Å². The molecule has 5 atom stereocenters. The third kappa shape index (κ3) is 4.02. The molecule has 0 aromatic heterocycles. The summed E-state index contributed by atoms with van der Waals surface area (Å²) in [5.74, 6) is -2.00. The zero-order chi connectivity index (χ0) is 18.7. The maximum atomic E-state index is 12.0. The van der Waals surface area contributed by atoms with E-state index in [1.54, 1.807) is 0 Å². The first-order valence-corrected chi connectivity index (χ1v) is 6.96. The van der Waals surface area contributed by atoms with Gasteiger partial charge in [0.05, 0.1) is 7.98 Å². The minimum Gasteiger partial charge on any atom is -0.504 e. The molecule has 0 bridgehead atoms. The highest BCUT2D eigenvalue weighted by molar-refractivity contribution is 5.87. The molecule has 0 radical (unpaired) electrons. The van der Waals surface area contributed by atoms with E-state index in [0.717, 1.165) is 18.2 Å². The first kappa shape index (κ1) is 16.7. The number of carbonyl (C=O) groups is 1. The number of phenols is 2. The van der Waals surface area contributed by atoms with Crippen molar-refractivity contribution in [2.75, 3.05) is 6.61 Å². The maximum Gasteiger partial charge on any atom is 0.331 e. The zero-order valence-corrected chi connectivity index (χ0v) is 12.3. The fourth-order valence-electron chi connectivity index (χ4n) is 2.14. The minimum absolute atomic E-state index is 0.229. The van der Waals surface area contributed by atoms with Gasteiger partial charge in [-0.1, -0.05) is 6.07 Å². The predicted octanol–water partition coefficient (Wildman–Crippen LogP) is -1.55. The molecular formula is C15H18O9. The van der Waals surface area contributed by atoms with Crippen molar-refractivity contribution in [1.82, 2.24) is 0 Å². The number of aliphatic hydroxyl groups is 4. The maximum absolute atomic E-state index is 12.0. The number of aliphatic hydroxyl groups excluding tert-OH is 4. The molecule has 1 aromatic rings. The Balaban J connectivity index is 2.13. The van der Waals surface area contributed by atoms with Crippen LogP contribution in [-0.2, 0) is 14.3 Å². The van der Waals surface area contributed by atoms with Crippen molar-refractivity contribution in [3.8, 4) is 11.5 Å². The van der Waals surface area contributed by atoms with Crippen LogP contribution in [0.25, 0.3) is 6.08 Å². The van der Waals surface area contributed by atoms with Crippen LogP contribution in [0.2, 0.25) is 0 Å². The van der Waals surface area contributed by atoms with Crippen LogP contribution >= 0.6 is 0 Å². The van der Waals surface area contributed by atoms with E-state index >= 15 is 0 Å². The summed E-state index contributed by atoms with van der Waals surface area (Å²) in [5.41, 5.74) is 0.229. The highest BCUT2D eigenvalue weighted by atomic mass is 16.7. The van der Waals surface area contributed by atoms with Gasteiger partial charge >= 0.3 is 5.97 Å². The number of hydrogen-bond donors (Lipinski definition) is 6. The molecule has 0 amide bonds. The van der Waals surface area contributed by atoms with Gasteiger partial charge < -0.3 is 40.1 Å². The molecule has 1 heterocycles. The third-order valence-electron chi connectivity index (χ3n) is 3.44. The summed E-state index contributed by atoms with van der Waals surface area (Å²) < 4.78 is 17.4. The molecule has 0 spiro atoms. The average Bonchev–Trinajstić information content (AvgIpc) is 2.58. The largest absolute Gasteiger partial charge is 0.504 e. The molecular weight excluding hydrogens is 324 g/mol. The lowest BCUT2D eigenvalue weighted by Crippen LogP contribution is -2.59. The van der Waals surface area contributed by atoms with Crippen LogP contribution in [0.4, 0.5) is 0 Å². The Bertz CT molecular complexity index is 660. The predicted molar refractivity (Wildman–Crippen MR) is 78.7 cm³/mol. The molecule has 1 aliphatic rings. The van der Waals surface area contributed by atoms with Gasteiger partial charge in [0.15, 0.2) is 23.9 Å². The fourth-order valence-corrected chi connectivity index (χ4v) is 2.14. The molecule has 9 heteroatoms. The summed E-state index contributed by atoms with van der Waals surface area (Å²) >= 11 is 0. The van der Waals surface area contributed by atoms with Crippen LogP contribution in [-0.4, -0.2) is 73.9 Å². The van der Waals surface area contributed by atoms with Crippen LogP contribution in [0.1, 0.15) is 6.93 Å². The molecule has 0 saturated carbocycles. The van der Waals surface area contributed by atoms with E-state index in [1.165, 1.54) is 6.07 Å². The van der Waals surface area contributed by atoms with Crippen molar-refractivity contribution in [3.63, 3.8) is 0 Å². The van der Waals surface area contributed by atoms with Gasteiger partial charge in [0.2, 0.25) is 0 Å². The van der Waals surface area contributed by atoms with Gasteiger partial charge in [-0.3, -0.25) is 0 Å². The van der Waals surface area contributed by atoms with Crippen molar-refractivity contribution >= 4 is 12.0 Å². The van der Waals surface area contributed by atoms with Gasteiger partial charge in [-0.25, -0.2) is 4.79 Å². The Labute approximate surface area is 138 Å². The molecule has 9 nitrogen and oxygen atoms in total. The number of ether oxygens (including phenoxy) is 2. The average molecular weight is 343 g/mol. The van der Waals surface area contributed by atoms with E-state index in [1.807, 2.05) is 0 Å². The van der Waals surface area contributed by atoms with Gasteiger partial charge in [-0.05, 0) is 23.8 Å². The second-order valence-corrected chi connectivity index (χ2v) is 5.14. The summed E-state index contributed by atoms with van der Waals surface area (Å²) in [7, 11) is 0. The molecule has 2 rings (SSSR count). The first-order valence-electron chi connectivity index (χ1n) is 7.46. The second kappa shape index (κ2) is 7.60. The molecule has 1 fully saturated rings. The highest BCUT2D eigenvalue weighted by Crippen LogP contribution is 2.26. The van der Waals surface area contributed by atoms with Crippen LogP contribution in [0, 0.1) is 0 Å². The van der Waals surface area contributed by atoms with Gasteiger partial charge in [0, 0.05) is 6.05 Å². The quantitative estimate of drug-likeness (QED) is 0.216. The number of hydrogen-bond acceptors (Lipinski definition) is 9. The number of carbonyl (C=O) groups excluding carboxylic acids is 1. The van der Waals surface area contributed by atoms with E-state index in [9.17, 15) is 35.4 Å². The summed E-state index contributed by atoms with van der Waals surface area (Å²) in [6.07, 6.45) is -6.99. The smallest absolute Gasteiger partial charge is 0.331 e. The Kier molecular flexibility index (Phi) is 5.28. The number of phenolic OH excluding ortho intramolecular Hbond substituents is 2. The Morgan fingerprint density at radius 2 is 1.96 bits per heavy atom. The van der Waals surface area contributed by atoms with Crippen LogP contribution in [0.5, 0.6) is 11.5 Å². The van der Waals surface area contributed by atoms with Crippen molar-refractivity contribution < 1.29 is 46.3 Å². The zero-order valence-electron chi connectivity index (χ0n) is 13.3. The van der Waals surface area contributed by atoms with E-state index in [0.29, 0.717) is 0 Å². The van der Waals surface area contributed by atoms with E-state index in [2.05, 4.69) is 0 Å². The number of rotatable bonds is 4. The highest BCUT2D eigenvalue weighted by Gasteiger charge is 2.45. The van der Waals surface area contributed by atoms with Crippen LogP contribution in [0.15, 0.2) is 24.3 Å². The van der Waals surface area contributed by atoms with Crippen molar-refractivity contribution in [2.24, 2.45) is 0 Å². The molecule has 1 aromatic carbocycles. The Morgan fingerprint density at radius 3 is 2.58 bits per heavy atom. The lowest BCUT2D eigenvalue weighted by Gasteiger charge is -2.39. The number of aromatic hydroxyl groups is 2. The minimum atomic E-state index is -1.76. The van der Waals surface area contributed by atoms with E-state index < -0.39 is 55.1 Å². The van der Waals surface area contributed by atoms with Crippen molar-refractivity contribution in [2.45, 2.75) is 30.7 Å². The second-order valence-electron chi connectivity index (χ2n) is 5.14. The van der Waals surface area contributed by atoms with Crippen molar-refractivity contribution in [1.29, 1.82) is 0 Å². The lowest BCUT2D eigenvalue weighted by molar-refractivity contribution is -0.289. The van der Waals surface area contributed by atoms with Crippen molar-refractivity contribution in [3.05, 3.63) is 29.8 Å². The van der Waals surface area contributed by atoms with Crippen LogP contribution < -0.4 is 0 Å². The molecule has 24 heavy (non-hydrogen) atoms. The molecule has 1 saturated heterocycles. The fraction of sp³-hybridized carbons (Fsp3) is 0.400. The molecule has 1 unspecified atom stereocenters. The van der Waals surface area contributed by atoms with Gasteiger partial charge in [-0.2, -0.15) is 0 Å². The van der Waals surface area contributed by atoms with Gasteiger partial charge in [0.1, 0.15) is 18.3 Å². The molecule has 132 valence electrons. The summed E-state index contributed by atoms with van der Waals surface area (Å²) in [5, 5.41) is 56.6. The summed E-state index contributed by atoms with van der Waals surface area (Å²) in [6.45, 7) is -0.707. The molecule has 6 N–H and O–H groups in total. The van der Waals surface area contributed by atoms with Gasteiger partial charge in [-0.15, -0.1) is 0 Å².